The summed E-state index contributed by atoms with van der Waals surface area (Å²) in [5.41, 5.74) is 9.92. The Morgan fingerprint density at radius 3 is 1.65 bits per heavy atom. The Morgan fingerprint density at radius 2 is 1.23 bits per heavy atom. The number of aromatic nitrogens is 2. The molecule has 0 bridgehead atoms. The predicted molar refractivity (Wildman–Crippen MR) is 174 cm³/mol. The van der Waals surface area contributed by atoms with E-state index < -0.39 is 26.1 Å². The molecule has 0 aliphatic heterocycles. The lowest BCUT2D eigenvalue weighted by atomic mass is 9.80. The Balaban J connectivity index is 1.71. The van der Waals surface area contributed by atoms with Crippen LogP contribution in [0, 0.1) is 0 Å². The van der Waals surface area contributed by atoms with Crippen LogP contribution in [0.25, 0.3) is 0 Å². The van der Waals surface area contributed by atoms with E-state index in [-0.39, 0.29) is 11.0 Å². The largest absolute Gasteiger partial charge is 0.481 e. The zero-order valence-corrected chi connectivity index (χ0v) is 27.4. The average molecular weight is 600 g/mol. The Bertz CT molecular complexity index is 1310. The summed E-state index contributed by atoms with van der Waals surface area (Å²) in [6.45, 7) is 11.4. The molecule has 0 aliphatic carbocycles. The molecule has 2 atom stereocenters. The van der Waals surface area contributed by atoms with Crippen molar-refractivity contribution in [3.05, 3.63) is 119 Å². The van der Waals surface area contributed by atoms with Crippen molar-refractivity contribution in [2.75, 3.05) is 20.8 Å². The molecule has 43 heavy (non-hydrogen) atoms. The molecule has 0 radical (unpaired) electrons. The molecule has 4 rings (SSSR count). The van der Waals surface area contributed by atoms with Crippen molar-refractivity contribution >= 4 is 8.32 Å². The van der Waals surface area contributed by atoms with E-state index in [1.165, 1.54) is 7.11 Å². The lowest BCUT2D eigenvalue weighted by Crippen LogP contribution is -2.46. The van der Waals surface area contributed by atoms with E-state index in [1.807, 2.05) is 54.6 Å². The first-order valence-corrected chi connectivity index (χ1v) is 17.6. The molecule has 8 heteroatoms. The number of ether oxygens (including phenoxy) is 3. The van der Waals surface area contributed by atoms with Crippen molar-refractivity contribution < 1.29 is 18.6 Å². The van der Waals surface area contributed by atoms with Crippen molar-refractivity contribution in [2.24, 2.45) is 5.73 Å². The SMILES string of the molecule is COc1cc([C@H](O[Si](C)(C)C(C)(C)C)[C@H](N)CCOC(c2ccccc2)(c2ccccc2)c2ccccc2)nc(OC)n1. The number of hydrogen-bond acceptors (Lipinski definition) is 7. The van der Waals surface area contributed by atoms with Crippen LogP contribution in [-0.2, 0) is 14.8 Å². The second-order valence-corrected chi connectivity index (χ2v) is 17.0. The molecular formula is C35H45N3O4Si. The zero-order valence-electron chi connectivity index (χ0n) is 26.4. The molecule has 7 nitrogen and oxygen atoms in total. The monoisotopic (exact) mass is 599 g/mol. The third-order valence-electron chi connectivity index (χ3n) is 8.31. The van der Waals surface area contributed by atoms with Crippen molar-refractivity contribution in [3.8, 4) is 11.9 Å². The number of methoxy groups -OCH3 is 2. The van der Waals surface area contributed by atoms with E-state index in [2.05, 4.69) is 80.2 Å². The Kier molecular flexibility index (Phi) is 10.4. The summed E-state index contributed by atoms with van der Waals surface area (Å²) in [4.78, 5) is 8.94. The van der Waals surface area contributed by atoms with Crippen molar-refractivity contribution in [1.82, 2.24) is 9.97 Å². The minimum atomic E-state index is -2.27. The first-order valence-electron chi connectivity index (χ1n) is 14.7. The van der Waals surface area contributed by atoms with E-state index in [1.54, 1.807) is 13.2 Å². The van der Waals surface area contributed by atoms with Gasteiger partial charge in [-0.3, -0.25) is 0 Å². The quantitative estimate of drug-likeness (QED) is 0.128. The third kappa shape index (κ3) is 7.33. The van der Waals surface area contributed by atoms with Crippen LogP contribution in [-0.4, -0.2) is 45.2 Å². The molecule has 1 aromatic heterocycles. The maximum absolute atomic E-state index is 7.03. The number of benzene rings is 3. The lowest BCUT2D eigenvalue weighted by molar-refractivity contribution is 0.00286. The predicted octanol–water partition coefficient (Wildman–Crippen LogP) is 7.28. The second kappa shape index (κ2) is 13.8. The highest BCUT2D eigenvalue weighted by molar-refractivity contribution is 6.74. The maximum Gasteiger partial charge on any atom is 0.319 e. The van der Waals surface area contributed by atoms with Gasteiger partial charge in [0.15, 0.2) is 8.32 Å². The smallest absolute Gasteiger partial charge is 0.319 e. The van der Waals surface area contributed by atoms with E-state index in [9.17, 15) is 0 Å². The summed E-state index contributed by atoms with van der Waals surface area (Å²) >= 11 is 0. The maximum atomic E-state index is 7.03. The highest BCUT2D eigenvalue weighted by atomic mass is 28.4. The molecule has 0 aliphatic rings. The molecule has 1 heterocycles. The molecule has 0 saturated heterocycles. The molecule has 0 amide bonds. The summed E-state index contributed by atoms with van der Waals surface area (Å²) < 4.78 is 24.8. The normalized spacial score (nSPS) is 13.8. The zero-order chi connectivity index (χ0) is 31.1. The average Bonchev–Trinajstić information content (AvgIpc) is 3.02. The van der Waals surface area contributed by atoms with Crippen LogP contribution in [0.2, 0.25) is 18.1 Å². The minimum absolute atomic E-state index is 0.0360. The van der Waals surface area contributed by atoms with Crippen LogP contribution >= 0.6 is 0 Å². The molecule has 0 fully saturated rings. The molecule has 3 aromatic carbocycles. The minimum Gasteiger partial charge on any atom is -0.481 e. The van der Waals surface area contributed by atoms with Gasteiger partial charge in [0.2, 0.25) is 5.88 Å². The Labute approximate surface area is 257 Å². The van der Waals surface area contributed by atoms with Crippen LogP contribution in [0.3, 0.4) is 0 Å². The Morgan fingerprint density at radius 1 is 0.744 bits per heavy atom. The van der Waals surface area contributed by atoms with Gasteiger partial charge in [-0.05, 0) is 41.2 Å². The Hall–Kier alpha value is -3.56. The van der Waals surface area contributed by atoms with Gasteiger partial charge in [-0.2, -0.15) is 9.97 Å². The van der Waals surface area contributed by atoms with Crippen LogP contribution in [0.5, 0.6) is 11.9 Å². The third-order valence-corrected chi connectivity index (χ3v) is 12.8. The topological polar surface area (TPSA) is 88.7 Å². The van der Waals surface area contributed by atoms with Gasteiger partial charge in [0, 0.05) is 12.1 Å². The highest BCUT2D eigenvalue weighted by Gasteiger charge is 2.42. The van der Waals surface area contributed by atoms with Gasteiger partial charge in [0.1, 0.15) is 11.7 Å². The van der Waals surface area contributed by atoms with Gasteiger partial charge in [-0.1, -0.05) is 112 Å². The molecule has 0 unspecified atom stereocenters. The summed E-state index contributed by atoms with van der Waals surface area (Å²) in [5, 5.41) is -0.0360. The van der Waals surface area contributed by atoms with Crippen LogP contribution in [0.1, 0.15) is 55.7 Å². The van der Waals surface area contributed by atoms with Crippen molar-refractivity contribution in [3.63, 3.8) is 0 Å². The number of nitrogens with zero attached hydrogens (tertiary/aromatic N) is 2. The molecule has 4 aromatic rings. The second-order valence-electron chi connectivity index (χ2n) is 12.2. The number of rotatable bonds is 13. The summed E-state index contributed by atoms with van der Waals surface area (Å²) in [6.07, 6.45) is -0.00260. The van der Waals surface area contributed by atoms with E-state index in [0.717, 1.165) is 16.7 Å². The number of nitrogens with two attached hydrogens (primary N) is 1. The first kappa shape index (κ1) is 32.4. The van der Waals surface area contributed by atoms with E-state index in [0.29, 0.717) is 24.6 Å². The van der Waals surface area contributed by atoms with Gasteiger partial charge in [0.05, 0.1) is 26.5 Å². The molecule has 228 valence electrons. The fraction of sp³-hybridized carbons (Fsp3) is 0.371. The van der Waals surface area contributed by atoms with Crippen LogP contribution in [0.15, 0.2) is 97.1 Å². The van der Waals surface area contributed by atoms with Gasteiger partial charge in [-0.25, -0.2) is 0 Å². The van der Waals surface area contributed by atoms with Crippen molar-refractivity contribution in [2.45, 2.75) is 63.1 Å². The summed E-state index contributed by atoms with van der Waals surface area (Å²) in [5.74, 6) is 0.394. The lowest BCUT2D eigenvalue weighted by Gasteiger charge is -2.41. The molecule has 0 saturated carbocycles. The van der Waals surface area contributed by atoms with Gasteiger partial charge in [-0.15, -0.1) is 0 Å². The van der Waals surface area contributed by atoms with E-state index in [4.69, 9.17) is 24.4 Å². The highest BCUT2D eigenvalue weighted by Crippen LogP contribution is 2.42. The summed E-state index contributed by atoms with van der Waals surface area (Å²) in [6, 6.07) is 32.6. The summed E-state index contributed by atoms with van der Waals surface area (Å²) in [7, 11) is 0.838. The van der Waals surface area contributed by atoms with E-state index >= 15 is 0 Å². The number of hydrogen-bond donors (Lipinski definition) is 1. The van der Waals surface area contributed by atoms with Gasteiger partial charge < -0.3 is 24.4 Å². The van der Waals surface area contributed by atoms with Crippen LogP contribution < -0.4 is 15.2 Å². The fourth-order valence-electron chi connectivity index (χ4n) is 4.89. The van der Waals surface area contributed by atoms with Gasteiger partial charge in [0.25, 0.3) is 0 Å². The van der Waals surface area contributed by atoms with Gasteiger partial charge >= 0.3 is 6.01 Å². The standard InChI is InChI=1S/C35H45N3O4Si/c1-34(2,3)43(6,7)42-32(30-25-31(39-4)38-33(37-30)40-5)29(36)23-24-41-35(26-17-11-8-12-18-26,27-19-13-9-14-20-27)28-21-15-10-16-22-28/h8-22,25,29,32H,23-24,36H2,1-7H3/t29-,32-/m1/s1. The van der Waals surface area contributed by atoms with Crippen LogP contribution in [0.4, 0.5) is 0 Å². The molecular weight excluding hydrogens is 554 g/mol. The molecule has 2 N–H and O–H groups in total. The molecule has 0 spiro atoms. The first-order chi connectivity index (χ1) is 20.5. The van der Waals surface area contributed by atoms with Crippen molar-refractivity contribution in [1.29, 1.82) is 0 Å². The fourth-order valence-corrected chi connectivity index (χ4v) is 6.18.